The molecule has 2 rings (SSSR count). The molecule has 0 aromatic heterocycles. The molecule has 2 nitrogen and oxygen atoms in total. The summed E-state index contributed by atoms with van der Waals surface area (Å²) in [6.07, 6.45) is 0. The fraction of sp³-hybridized carbons (Fsp3) is 0.500. The van der Waals surface area contributed by atoms with Crippen LogP contribution in [0, 0.1) is 6.92 Å². The van der Waals surface area contributed by atoms with E-state index in [1.807, 2.05) is 0 Å². The smallest absolute Gasteiger partial charge is 0.0959 e. The summed E-state index contributed by atoms with van der Waals surface area (Å²) in [6, 6.07) is 9.51. The first kappa shape index (κ1) is 9.53. The third-order valence-corrected chi connectivity index (χ3v) is 2.98. The highest BCUT2D eigenvalue weighted by Gasteiger charge is 2.20. The molecule has 0 bridgehead atoms. The van der Waals surface area contributed by atoms with Crippen molar-refractivity contribution in [3.8, 4) is 0 Å². The minimum Gasteiger partial charge on any atom is -0.358 e. The first-order chi connectivity index (χ1) is 6.77. The normalized spacial score (nSPS) is 22.4. The maximum Gasteiger partial charge on any atom is 0.0959 e. The number of nitrogens with zero attached hydrogens (tertiary/aromatic N) is 1. The summed E-state index contributed by atoms with van der Waals surface area (Å²) in [5, 5.41) is 2.40. The van der Waals surface area contributed by atoms with Gasteiger partial charge in [0.2, 0.25) is 0 Å². The van der Waals surface area contributed by atoms with Crippen LogP contribution in [-0.4, -0.2) is 25.7 Å². The van der Waals surface area contributed by atoms with Gasteiger partial charge in [0, 0.05) is 5.69 Å². The molecule has 2 N–H and O–H groups in total. The molecular formula is C12H19N2+. The number of quaternary nitrogens is 1. The summed E-state index contributed by atoms with van der Waals surface area (Å²) in [4.78, 5) is 2.50. The van der Waals surface area contributed by atoms with E-state index in [4.69, 9.17) is 0 Å². The van der Waals surface area contributed by atoms with Gasteiger partial charge >= 0.3 is 0 Å². The maximum absolute atomic E-state index is 2.50. The molecule has 0 aliphatic carbocycles. The van der Waals surface area contributed by atoms with Crippen LogP contribution in [0.2, 0.25) is 0 Å². The van der Waals surface area contributed by atoms with Crippen molar-refractivity contribution in [2.24, 2.45) is 0 Å². The Kier molecular flexibility index (Phi) is 2.73. The lowest BCUT2D eigenvalue weighted by atomic mass is 10.1. The molecule has 0 unspecified atom stereocenters. The van der Waals surface area contributed by atoms with E-state index >= 15 is 0 Å². The van der Waals surface area contributed by atoms with E-state index in [2.05, 4.69) is 48.3 Å². The lowest BCUT2D eigenvalue weighted by Gasteiger charge is -2.33. The molecule has 1 aromatic carbocycles. The van der Waals surface area contributed by atoms with Crippen LogP contribution in [0.4, 0.5) is 5.69 Å². The predicted octanol–water partition coefficient (Wildman–Crippen LogP) is 0.767. The SMILES string of the molecule is Cc1ccc(N2CC[NH2+]C[C@@H]2C)cc1. The van der Waals surface area contributed by atoms with Gasteiger partial charge in [-0.2, -0.15) is 0 Å². The standard InChI is InChI=1S/C12H18N2/c1-10-3-5-12(6-4-10)14-8-7-13-9-11(14)2/h3-6,11,13H,7-9H2,1-2H3/p+1/t11-/m0/s1. The van der Waals surface area contributed by atoms with Crippen LogP contribution in [0.25, 0.3) is 0 Å². The number of rotatable bonds is 1. The summed E-state index contributed by atoms with van der Waals surface area (Å²) in [5.74, 6) is 0. The Morgan fingerprint density at radius 3 is 2.64 bits per heavy atom. The summed E-state index contributed by atoms with van der Waals surface area (Å²) in [6.45, 7) is 8.04. The molecule has 1 atom stereocenters. The molecule has 1 aliphatic rings. The van der Waals surface area contributed by atoms with Crippen molar-refractivity contribution in [2.45, 2.75) is 19.9 Å². The van der Waals surface area contributed by atoms with E-state index < -0.39 is 0 Å². The minimum atomic E-state index is 0.659. The average Bonchev–Trinajstić information content (AvgIpc) is 2.20. The van der Waals surface area contributed by atoms with Gasteiger partial charge in [-0.05, 0) is 26.0 Å². The molecule has 14 heavy (non-hydrogen) atoms. The second-order valence-electron chi connectivity index (χ2n) is 4.19. The van der Waals surface area contributed by atoms with E-state index in [-0.39, 0.29) is 0 Å². The largest absolute Gasteiger partial charge is 0.358 e. The predicted molar refractivity (Wildman–Crippen MR) is 59.6 cm³/mol. The van der Waals surface area contributed by atoms with E-state index in [1.165, 1.54) is 30.9 Å². The maximum atomic E-state index is 2.50. The molecule has 76 valence electrons. The van der Waals surface area contributed by atoms with Crippen LogP contribution in [0.15, 0.2) is 24.3 Å². The Hall–Kier alpha value is -1.02. The molecule has 0 amide bonds. The van der Waals surface area contributed by atoms with Crippen LogP contribution in [-0.2, 0) is 0 Å². The van der Waals surface area contributed by atoms with Gasteiger partial charge in [0.05, 0.1) is 25.7 Å². The number of nitrogens with two attached hydrogens (primary N) is 1. The number of piperazine rings is 1. The molecule has 1 fully saturated rings. The third kappa shape index (κ3) is 1.90. The van der Waals surface area contributed by atoms with Crippen molar-refractivity contribution in [2.75, 3.05) is 24.5 Å². The number of benzene rings is 1. The van der Waals surface area contributed by atoms with E-state index in [1.54, 1.807) is 0 Å². The van der Waals surface area contributed by atoms with Gasteiger partial charge in [-0.1, -0.05) is 17.7 Å². The fourth-order valence-corrected chi connectivity index (χ4v) is 2.06. The third-order valence-electron chi connectivity index (χ3n) is 2.98. The van der Waals surface area contributed by atoms with Gasteiger partial charge in [-0.15, -0.1) is 0 Å². The summed E-state index contributed by atoms with van der Waals surface area (Å²) in [7, 11) is 0. The topological polar surface area (TPSA) is 19.9 Å². The summed E-state index contributed by atoms with van der Waals surface area (Å²) >= 11 is 0. The van der Waals surface area contributed by atoms with Crippen molar-refractivity contribution in [1.29, 1.82) is 0 Å². The quantitative estimate of drug-likeness (QED) is 0.695. The second-order valence-corrected chi connectivity index (χ2v) is 4.19. The number of hydrogen-bond acceptors (Lipinski definition) is 1. The zero-order valence-corrected chi connectivity index (χ0v) is 9.03. The molecule has 0 spiro atoms. The molecule has 0 radical (unpaired) electrons. The number of anilines is 1. The van der Waals surface area contributed by atoms with Crippen LogP contribution >= 0.6 is 0 Å². The Labute approximate surface area is 85.9 Å². The van der Waals surface area contributed by atoms with Crippen molar-refractivity contribution in [3.05, 3.63) is 29.8 Å². The first-order valence-corrected chi connectivity index (χ1v) is 5.42. The lowest BCUT2D eigenvalue weighted by molar-refractivity contribution is -0.659. The van der Waals surface area contributed by atoms with E-state index in [9.17, 15) is 0 Å². The van der Waals surface area contributed by atoms with Crippen molar-refractivity contribution < 1.29 is 5.32 Å². The molecule has 1 heterocycles. The van der Waals surface area contributed by atoms with Crippen molar-refractivity contribution in [3.63, 3.8) is 0 Å². The van der Waals surface area contributed by atoms with E-state index in [0.717, 1.165) is 0 Å². The van der Waals surface area contributed by atoms with Gasteiger partial charge in [0.25, 0.3) is 0 Å². The molecule has 1 aromatic rings. The number of hydrogen-bond donors (Lipinski definition) is 1. The van der Waals surface area contributed by atoms with Crippen LogP contribution in [0.3, 0.4) is 0 Å². The van der Waals surface area contributed by atoms with Crippen LogP contribution < -0.4 is 10.2 Å². The average molecular weight is 191 g/mol. The van der Waals surface area contributed by atoms with Gasteiger partial charge in [-0.25, -0.2) is 0 Å². The second kappa shape index (κ2) is 4.01. The zero-order valence-electron chi connectivity index (χ0n) is 9.03. The monoisotopic (exact) mass is 191 g/mol. The molecular weight excluding hydrogens is 172 g/mol. The van der Waals surface area contributed by atoms with Gasteiger partial charge in [0.15, 0.2) is 0 Å². The summed E-state index contributed by atoms with van der Waals surface area (Å²) in [5.41, 5.74) is 2.71. The first-order valence-electron chi connectivity index (χ1n) is 5.42. The van der Waals surface area contributed by atoms with Crippen LogP contribution in [0.1, 0.15) is 12.5 Å². The fourth-order valence-electron chi connectivity index (χ4n) is 2.06. The Balaban J connectivity index is 2.16. The van der Waals surface area contributed by atoms with Gasteiger partial charge < -0.3 is 10.2 Å². The minimum absolute atomic E-state index is 0.659. The summed E-state index contributed by atoms with van der Waals surface area (Å²) < 4.78 is 0. The van der Waals surface area contributed by atoms with Crippen molar-refractivity contribution in [1.82, 2.24) is 0 Å². The Morgan fingerprint density at radius 2 is 2.00 bits per heavy atom. The van der Waals surface area contributed by atoms with Crippen molar-refractivity contribution >= 4 is 5.69 Å². The molecule has 0 saturated carbocycles. The number of aryl methyl sites for hydroxylation is 1. The van der Waals surface area contributed by atoms with E-state index in [0.29, 0.717) is 6.04 Å². The highest BCUT2D eigenvalue weighted by atomic mass is 15.2. The zero-order chi connectivity index (χ0) is 9.97. The highest BCUT2D eigenvalue weighted by Crippen LogP contribution is 2.17. The molecule has 2 heteroatoms. The van der Waals surface area contributed by atoms with Gasteiger partial charge in [0.1, 0.15) is 0 Å². The Bertz CT molecular complexity index is 292. The highest BCUT2D eigenvalue weighted by molar-refractivity contribution is 5.48. The Morgan fingerprint density at radius 1 is 1.29 bits per heavy atom. The van der Waals surface area contributed by atoms with Gasteiger partial charge in [-0.3, -0.25) is 0 Å². The molecule has 1 saturated heterocycles. The molecule has 1 aliphatic heterocycles. The lowest BCUT2D eigenvalue weighted by Crippen LogP contribution is -2.91. The van der Waals surface area contributed by atoms with Crippen LogP contribution in [0.5, 0.6) is 0 Å².